The van der Waals surface area contributed by atoms with Crippen LogP contribution in [0.1, 0.15) is 46.5 Å². The van der Waals surface area contributed by atoms with E-state index in [0.717, 1.165) is 24.3 Å². The molecule has 0 aromatic carbocycles. The van der Waals surface area contributed by atoms with Crippen molar-refractivity contribution in [2.24, 2.45) is 29.1 Å². The molecule has 0 saturated heterocycles. The normalized spacial score (nSPS) is 40.8. The van der Waals surface area contributed by atoms with Gasteiger partial charge in [-0.15, -0.1) is 0 Å². The highest BCUT2D eigenvalue weighted by atomic mass is 16.2. The van der Waals surface area contributed by atoms with Gasteiger partial charge in [0.15, 0.2) is 5.78 Å². The van der Waals surface area contributed by atoms with Crippen LogP contribution in [0.15, 0.2) is 11.1 Å². The van der Waals surface area contributed by atoms with Crippen molar-refractivity contribution in [3.8, 4) is 0 Å². The molecule has 0 aromatic heterocycles. The van der Waals surface area contributed by atoms with Crippen LogP contribution in [0.2, 0.25) is 0 Å². The monoisotopic (exact) mass is 248 g/mol. The topological polar surface area (TPSA) is 37.3 Å². The van der Waals surface area contributed by atoms with Crippen LogP contribution in [0.3, 0.4) is 0 Å². The van der Waals surface area contributed by atoms with E-state index in [9.17, 15) is 4.79 Å². The number of ketones is 1. The number of aliphatic hydroxyl groups excluding tert-OH is 1. The average molecular weight is 248 g/mol. The lowest BCUT2D eigenvalue weighted by atomic mass is 9.44. The Kier molecular flexibility index (Phi) is 2.71. The second-order valence-electron chi connectivity index (χ2n) is 7.07. The molecule has 2 heteroatoms. The van der Waals surface area contributed by atoms with Crippen LogP contribution in [0.4, 0.5) is 0 Å². The van der Waals surface area contributed by atoms with Gasteiger partial charge >= 0.3 is 0 Å². The fraction of sp³-hybridized carbons (Fsp3) is 0.812. The van der Waals surface area contributed by atoms with E-state index in [1.807, 2.05) is 6.92 Å². The van der Waals surface area contributed by atoms with E-state index in [4.69, 9.17) is 5.11 Å². The van der Waals surface area contributed by atoms with Crippen molar-refractivity contribution in [1.29, 1.82) is 0 Å². The largest absolute Gasteiger partial charge is 0.396 e. The van der Waals surface area contributed by atoms with Gasteiger partial charge in [-0.3, -0.25) is 4.79 Å². The predicted molar refractivity (Wildman–Crippen MR) is 71.0 cm³/mol. The first-order valence-corrected chi connectivity index (χ1v) is 7.34. The van der Waals surface area contributed by atoms with Gasteiger partial charge < -0.3 is 5.11 Å². The average Bonchev–Trinajstić information content (AvgIpc) is 2.60. The molecule has 2 bridgehead atoms. The van der Waals surface area contributed by atoms with Crippen LogP contribution in [-0.4, -0.2) is 17.5 Å². The number of allylic oxidation sites excluding steroid dienone is 2. The Balaban J connectivity index is 1.88. The first-order chi connectivity index (χ1) is 8.48. The third kappa shape index (κ3) is 1.41. The van der Waals surface area contributed by atoms with Gasteiger partial charge in [0.25, 0.3) is 0 Å². The summed E-state index contributed by atoms with van der Waals surface area (Å²) in [6.07, 6.45) is 4.15. The van der Waals surface area contributed by atoms with Gasteiger partial charge in [-0.05, 0) is 61.3 Å². The van der Waals surface area contributed by atoms with Crippen LogP contribution in [0.5, 0.6) is 0 Å². The van der Waals surface area contributed by atoms with Gasteiger partial charge in [0.1, 0.15) is 0 Å². The number of hydrogen-bond donors (Lipinski definition) is 1. The van der Waals surface area contributed by atoms with Crippen molar-refractivity contribution in [2.75, 3.05) is 6.61 Å². The lowest BCUT2D eigenvalue weighted by Gasteiger charge is -2.60. The van der Waals surface area contributed by atoms with Crippen LogP contribution in [0, 0.1) is 29.1 Å². The Labute approximate surface area is 109 Å². The summed E-state index contributed by atoms with van der Waals surface area (Å²) in [7, 11) is 0. The molecule has 0 aliphatic heterocycles. The highest BCUT2D eigenvalue weighted by molar-refractivity contribution is 6.01. The Morgan fingerprint density at radius 1 is 1.33 bits per heavy atom. The summed E-state index contributed by atoms with van der Waals surface area (Å²) >= 11 is 0. The molecule has 2 nitrogen and oxygen atoms in total. The van der Waals surface area contributed by atoms with Crippen LogP contribution in [-0.2, 0) is 4.79 Å². The minimum Gasteiger partial charge on any atom is -0.396 e. The molecule has 0 radical (unpaired) electrons. The second kappa shape index (κ2) is 3.93. The van der Waals surface area contributed by atoms with Crippen molar-refractivity contribution in [2.45, 2.75) is 46.5 Å². The first kappa shape index (κ1) is 12.4. The second-order valence-corrected chi connectivity index (χ2v) is 7.07. The third-order valence-corrected chi connectivity index (χ3v) is 6.08. The minimum absolute atomic E-state index is 0.188. The minimum atomic E-state index is 0.188. The fourth-order valence-electron chi connectivity index (χ4n) is 4.80. The molecule has 3 saturated carbocycles. The molecule has 0 unspecified atom stereocenters. The molecule has 4 aliphatic carbocycles. The van der Waals surface area contributed by atoms with Crippen molar-refractivity contribution < 1.29 is 9.90 Å². The molecule has 0 heterocycles. The summed E-state index contributed by atoms with van der Waals surface area (Å²) in [5.41, 5.74) is 2.98. The summed E-state index contributed by atoms with van der Waals surface area (Å²) < 4.78 is 0. The Hall–Kier alpha value is -0.630. The van der Waals surface area contributed by atoms with Gasteiger partial charge in [-0.25, -0.2) is 0 Å². The zero-order valence-electron chi connectivity index (χ0n) is 11.7. The summed E-state index contributed by atoms with van der Waals surface area (Å²) in [5, 5.41) is 8.99. The van der Waals surface area contributed by atoms with E-state index >= 15 is 0 Å². The van der Waals surface area contributed by atoms with Gasteiger partial charge in [-0.1, -0.05) is 19.4 Å². The first-order valence-electron chi connectivity index (χ1n) is 7.34. The molecule has 18 heavy (non-hydrogen) atoms. The van der Waals surface area contributed by atoms with Gasteiger partial charge in [0.05, 0.1) is 0 Å². The van der Waals surface area contributed by atoms with Crippen LogP contribution >= 0.6 is 0 Å². The zero-order chi connectivity index (χ0) is 13.1. The number of carbonyl (C=O) groups is 1. The zero-order valence-corrected chi connectivity index (χ0v) is 11.7. The molecule has 4 aliphatic rings. The summed E-state index contributed by atoms with van der Waals surface area (Å²) in [6, 6.07) is 0. The van der Waals surface area contributed by atoms with E-state index in [0.29, 0.717) is 23.0 Å². The van der Waals surface area contributed by atoms with Gasteiger partial charge in [0.2, 0.25) is 0 Å². The summed E-state index contributed by atoms with van der Waals surface area (Å²) in [6.45, 7) is 6.99. The molecule has 4 rings (SSSR count). The van der Waals surface area contributed by atoms with E-state index in [2.05, 4.69) is 13.8 Å². The number of hydrogen-bond acceptors (Lipinski definition) is 2. The lowest BCUT2D eigenvalue weighted by molar-refractivity contribution is -0.120. The Morgan fingerprint density at radius 2 is 2.06 bits per heavy atom. The molecule has 4 atom stereocenters. The van der Waals surface area contributed by atoms with E-state index in [1.165, 1.54) is 18.4 Å². The number of carbonyl (C=O) groups excluding carboxylic acids is 1. The molecule has 0 amide bonds. The van der Waals surface area contributed by atoms with Crippen molar-refractivity contribution in [3.63, 3.8) is 0 Å². The molecular weight excluding hydrogens is 224 g/mol. The highest BCUT2D eigenvalue weighted by Gasteiger charge is 2.59. The standard InChI is InChI=1S/C16H24O2/c1-9-14-12(11(15(9)18)5-4-6-17)7-10-8-13(14)16(10,2)3/h10-13,17H,4-8H2,1-3H3/t10-,11+,12+,13-/m0/s1. The summed E-state index contributed by atoms with van der Waals surface area (Å²) in [4.78, 5) is 12.4. The smallest absolute Gasteiger partial charge is 0.162 e. The number of aliphatic hydroxyl groups is 1. The molecular formula is C16H24O2. The Morgan fingerprint density at radius 3 is 2.67 bits per heavy atom. The van der Waals surface area contributed by atoms with Crippen molar-refractivity contribution in [3.05, 3.63) is 11.1 Å². The quantitative estimate of drug-likeness (QED) is 0.833. The van der Waals surface area contributed by atoms with Crippen LogP contribution < -0.4 is 0 Å². The third-order valence-electron chi connectivity index (χ3n) is 6.08. The highest BCUT2D eigenvalue weighted by Crippen LogP contribution is 2.66. The van der Waals surface area contributed by atoms with Gasteiger partial charge in [-0.2, -0.15) is 0 Å². The molecule has 100 valence electrons. The Bertz CT molecular complexity index is 419. The SMILES string of the molecule is CC1=C2[C@H](C[C@H]3C[C@@H]2C3(C)C)[C@@H](CCCO)C1=O. The predicted octanol–water partition coefficient (Wildman–Crippen LogP) is 2.96. The van der Waals surface area contributed by atoms with Crippen molar-refractivity contribution >= 4 is 5.78 Å². The van der Waals surface area contributed by atoms with Crippen LogP contribution in [0.25, 0.3) is 0 Å². The molecule has 3 fully saturated rings. The lowest BCUT2D eigenvalue weighted by Crippen LogP contribution is -2.52. The van der Waals surface area contributed by atoms with E-state index < -0.39 is 0 Å². The number of Topliss-reactive ketones (excluding diaryl/α,β-unsaturated/α-hetero) is 1. The maximum absolute atomic E-state index is 12.4. The van der Waals surface area contributed by atoms with E-state index in [1.54, 1.807) is 0 Å². The number of rotatable bonds is 3. The summed E-state index contributed by atoms with van der Waals surface area (Å²) in [5.74, 6) is 2.55. The maximum atomic E-state index is 12.4. The maximum Gasteiger partial charge on any atom is 0.162 e. The van der Waals surface area contributed by atoms with Crippen molar-refractivity contribution in [1.82, 2.24) is 0 Å². The fourth-order valence-corrected chi connectivity index (χ4v) is 4.80. The molecule has 0 aromatic rings. The molecule has 1 N–H and O–H groups in total. The van der Waals surface area contributed by atoms with Gasteiger partial charge in [0, 0.05) is 12.5 Å². The molecule has 0 spiro atoms. The van der Waals surface area contributed by atoms with E-state index in [-0.39, 0.29) is 12.5 Å².